The number of aryl methyl sites for hydroxylation is 2. The van der Waals surface area contributed by atoms with E-state index in [1.54, 1.807) is 32.0 Å². The highest BCUT2D eigenvalue weighted by molar-refractivity contribution is 9.10. The number of halogens is 2. The van der Waals surface area contributed by atoms with E-state index >= 15 is 4.39 Å². The standard InChI is InChI=1S/C25H23BrFNO7/c1-14-10-15(2)12-17(11-14)21(30)25(27,23(32)34-3)19(22(31)28-8-9-35-24(28)33)13-20(29)16-4-6-18(26)7-5-16/h4-7,10-12,19H,8-9,13H2,1-3H3/t19-,25-/m1/s1. The van der Waals surface area contributed by atoms with Crippen molar-refractivity contribution in [3.05, 3.63) is 69.2 Å². The topological polar surface area (TPSA) is 107 Å². The molecular weight excluding hydrogens is 525 g/mol. The summed E-state index contributed by atoms with van der Waals surface area (Å²) in [4.78, 5) is 65.4. The van der Waals surface area contributed by atoms with Crippen LogP contribution in [0, 0.1) is 19.8 Å². The Hall–Kier alpha value is -3.40. The summed E-state index contributed by atoms with van der Waals surface area (Å²) in [5.41, 5.74) is -2.38. The van der Waals surface area contributed by atoms with Crippen LogP contribution >= 0.6 is 15.9 Å². The lowest BCUT2D eigenvalue weighted by atomic mass is 9.77. The molecule has 0 aliphatic carbocycles. The molecular formula is C25H23BrFNO7. The van der Waals surface area contributed by atoms with Crippen LogP contribution in [0.15, 0.2) is 46.9 Å². The fraction of sp³-hybridized carbons (Fsp3) is 0.320. The number of rotatable bonds is 8. The third kappa shape index (κ3) is 5.32. The molecule has 0 radical (unpaired) electrons. The Labute approximate surface area is 209 Å². The summed E-state index contributed by atoms with van der Waals surface area (Å²) in [7, 11) is 0.869. The first-order valence-electron chi connectivity index (χ1n) is 10.7. The van der Waals surface area contributed by atoms with Crippen LogP contribution in [-0.2, 0) is 19.1 Å². The molecule has 184 valence electrons. The molecule has 1 fully saturated rings. The maximum absolute atomic E-state index is 16.8. The number of esters is 1. The van der Waals surface area contributed by atoms with E-state index in [1.165, 1.54) is 24.3 Å². The van der Waals surface area contributed by atoms with Gasteiger partial charge in [-0.3, -0.25) is 14.4 Å². The van der Waals surface area contributed by atoms with E-state index in [-0.39, 0.29) is 24.3 Å². The number of carbonyl (C=O) groups excluding carboxylic acids is 5. The van der Waals surface area contributed by atoms with Gasteiger partial charge in [0.25, 0.3) is 5.67 Å². The molecule has 1 aliphatic heterocycles. The second-order valence-corrected chi connectivity index (χ2v) is 9.12. The van der Waals surface area contributed by atoms with E-state index in [2.05, 4.69) is 20.7 Å². The van der Waals surface area contributed by atoms with E-state index in [4.69, 9.17) is 4.74 Å². The van der Waals surface area contributed by atoms with Gasteiger partial charge in [-0.25, -0.2) is 18.9 Å². The Morgan fingerprint density at radius 3 is 2.20 bits per heavy atom. The van der Waals surface area contributed by atoms with Gasteiger partial charge in [0.1, 0.15) is 6.61 Å². The van der Waals surface area contributed by atoms with Crippen LogP contribution in [-0.4, -0.2) is 60.4 Å². The first-order valence-corrected chi connectivity index (χ1v) is 11.5. The van der Waals surface area contributed by atoms with Crippen LogP contribution in [0.3, 0.4) is 0 Å². The van der Waals surface area contributed by atoms with E-state index < -0.39 is 47.5 Å². The normalized spacial score (nSPS) is 15.7. The van der Waals surface area contributed by atoms with Crippen LogP contribution in [0.25, 0.3) is 0 Å². The molecule has 3 rings (SSSR count). The van der Waals surface area contributed by atoms with Crippen LogP contribution in [0.1, 0.15) is 38.3 Å². The van der Waals surface area contributed by atoms with Gasteiger partial charge in [-0.2, -0.15) is 0 Å². The average Bonchev–Trinajstić information content (AvgIpc) is 3.26. The number of Topliss-reactive ketones (excluding diaryl/α,β-unsaturated/α-hetero) is 2. The van der Waals surface area contributed by atoms with Gasteiger partial charge >= 0.3 is 12.1 Å². The predicted molar refractivity (Wildman–Crippen MR) is 126 cm³/mol. The molecule has 0 N–H and O–H groups in total. The summed E-state index contributed by atoms with van der Waals surface area (Å²) in [6.07, 6.45) is -1.92. The number of hydrogen-bond acceptors (Lipinski definition) is 7. The van der Waals surface area contributed by atoms with Gasteiger partial charge in [0.2, 0.25) is 11.7 Å². The monoisotopic (exact) mass is 547 g/mol. The van der Waals surface area contributed by atoms with E-state index in [9.17, 15) is 24.0 Å². The number of imide groups is 1. The lowest BCUT2D eigenvalue weighted by Crippen LogP contribution is -2.56. The zero-order valence-electron chi connectivity index (χ0n) is 19.3. The number of hydrogen-bond donors (Lipinski definition) is 0. The lowest BCUT2D eigenvalue weighted by molar-refractivity contribution is -0.159. The van der Waals surface area contributed by atoms with E-state index in [1.807, 2.05) is 0 Å². The minimum absolute atomic E-state index is 0.126. The summed E-state index contributed by atoms with van der Waals surface area (Å²) >= 11 is 3.25. The van der Waals surface area contributed by atoms with Crippen molar-refractivity contribution in [1.82, 2.24) is 4.90 Å². The highest BCUT2D eigenvalue weighted by atomic mass is 79.9. The van der Waals surface area contributed by atoms with Gasteiger partial charge in [0.15, 0.2) is 5.78 Å². The first-order chi connectivity index (χ1) is 16.5. The van der Waals surface area contributed by atoms with Crippen molar-refractivity contribution >= 4 is 45.5 Å². The third-order valence-electron chi connectivity index (χ3n) is 5.66. The molecule has 0 aromatic heterocycles. The highest BCUT2D eigenvalue weighted by Crippen LogP contribution is 2.35. The van der Waals surface area contributed by atoms with Crippen LogP contribution in [0.4, 0.5) is 9.18 Å². The number of amides is 2. The highest BCUT2D eigenvalue weighted by Gasteiger charge is 2.59. The zero-order valence-corrected chi connectivity index (χ0v) is 20.9. The Morgan fingerprint density at radius 1 is 1.09 bits per heavy atom. The van der Waals surface area contributed by atoms with Crippen molar-refractivity contribution in [3.63, 3.8) is 0 Å². The summed E-state index contributed by atoms with van der Waals surface area (Å²) < 4.78 is 26.8. The minimum atomic E-state index is -3.58. The Balaban J connectivity index is 2.13. The summed E-state index contributed by atoms with van der Waals surface area (Å²) in [5.74, 6) is -7.09. The van der Waals surface area contributed by atoms with Crippen molar-refractivity contribution in [2.75, 3.05) is 20.3 Å². The second kappa shape index (κ2) is 10.5. The quantitative estimate of drug-likeness (QED) is 0.279. The number of benzene rings is 2. The van der Waals surface area contributed by atoms with Crippen molar-refractivity contribution in [2.24, 2.45) is 5.92 Å². The molecule has 2 amide bonds. The Morgan fingerprint density at radius 2 is 1.69 bits per heavy atom. The van der Waals surface area contributed by atoms with Gasteiger partial charge in [-0.15, -0.1) is 0 Å². The number of ketones is 2. The molecule has 0 saturated carbocycles. The van der Waals surface area contributed by atoms with Crippen molar-refractivity contribution in [2.45, 2.75) is 25.9 Å². The maximum Gasteiger partial charge on any atom is 0.416 e. The molecule has 0 bridgehead atoms. The lowest BCUT2D eigenvalue weighted by Gasteiger charge is -2.30. The number of carbonyl (C=O) groups is 5. The molecule has 2 atom stereocenters. The average molecular weight is 548 g/mol. The molecule has 1 heterocycles. The molecule has 1 aliphatic rings. The summed E-state index contributed by atoms with van der Waals surface area (Å²) in [6, 6.07) is 10.5. The third-order valence-corrected chi connectivity index (χ3v) is 6.19. The van der Waals surface area contributed by atoms with Gasteiger partial charge in [0.05, 0.1) is 19.6 Å². The largest absolute Gasteiger partial charge is 0.466 e. The van der Waals surface area contributed by atoms with Crippen LogP contribution in [0.2, 0.25) is 0 Å². The number of cyclic esters (lactones) is 1. The number of methoxy groups -OCH3 is 1. The predicted octanol–water partition coefficient (Wildman–Crippen LogP) is 4.00. The SMILES string of the molecule is COC(=O)[C@](F)(C(=O)c1cc(C)cc(C)c1)[C@H](CC(=O)c1ccc(Br)cc1)C(=O)N1CCOC1=O. The molecule has 35 heavy (non-hydrogen) atoms. The Bertz CT molecular complexity index is 1180. The molecule has 10 heteroatoms. The molecule has 2 aromatic rings. The Kier molecular flexibility index (Phi) is 7.84. The molecule has 1 saturated heterocycles. The first kappa shape index (κ1) is 26.2. The number of ether oxygens (including phenoxy) is 2. The van der Waals surface area contributed by atoms with Gasteiger partial charge in [-0.05, 0) is 38.1 Å². The molecule has 0 unspecified atom stereocenters. The van der Waals surface area contributed by atoms with Gasteiger partial charge in [0, 0.05) is 22.0 Å². The summed E-state index contributed by atoms with van der Waals surface area (Å²) in [6.45, 7) is 3.01. The van der Waals surface area contributed by atoms with E-state index in [0.717, 1.165) is 7.11 Å². The number of alkyl halides is 1. The van der Waals surface area contributed by atoms with Crippen molar-refractivity contribution < 1.29 is 37.8 Å². The maximum atomic E-state index is 16.8. The fourth-order valence-corrected chi connectivity index (χ4v) is 4.24. The molecule has 0 spiro atoms. The molecule has 2 aromatic carbocycles. The van der Waals surface area contributed by atoms with Gasteiger partial charge in [-0.1, -0.05) is 45.3 Å². The number of nitrogens with zero attached hydrogens (tertiary/aromatic N) is 1. The smallest absolute Gasteiger partial charge is 0.416 e. The van der Waals surface area contributed by atoms with E-state index in [0.29, 0.717) is 20.5 Å². The van der Waals surface area contributed by atoms with Crippen molar-refractivity contribution in [3.8, 4) is 0 Å². The summed E-state index contributed by atoms with van der Waals surface area (Å²) in [5, 5.41) is 0. The fourth-order valence-electron chi connectivity index (χ4n) is 3.98. The van der Waals surface area contributed by atoms with Gasteiger partial charge < -0.3 is 9.47 Å². The molecule has 8 nitrogen and oxygen atoms in total. The van der Waals surface area contributed by atoms with Crippen molar-refractivity contribution in [1.29, 1.82) is 0 Å². The zero-order chi connectivity index (χ0) is 25.9. The van der Waals surface area contributed by atoms with Crippen LogP contribution < -0.4 is 0 Å². The second-order valence-electron chi connectivity index (χ2n) is 8.20. The van der Waals surface area contributed by atoms with Crippen LogP contribution in [0.5, 0.6) is 0 Å². The minimum Gasteiger partial charge on any atom is -0.466 e.